The van der Waals surface area contributed by atoms with Crippen LogP contribution in [0.2, 0.25) is 0 Å². The molecular weight excluding hydrogens is 240 g/mol. The van der Waals surface area contributed by atoms with Crippen molar-refractivity contribution in [2.75, 3.05) is 6.54 Å². The van der Waals surface area contributed by atoms with Gasteiger partial charge in [0.1, 0.15) is 11.6 Å². The van der Waals surface area contributed by atoms with Crippen LogP contribution < -0.4 is 5.73 Å². The minimum absolute atomic E-state index is 0.0291. The molecule has 0 heterocycles. The molecule has 1 aromatic rings. The predicted molar refractivity (Wildman–Crippen MR) is 64.1 cm³/mol. The zero-order chi connectivity index (χ0) is 13.8. The van der Waals surface area contributed by atoms with Crippen molar-refractivity contribution in [3.05, 3.63) is 35.4 Å². The molecule has 1 unspecified atom stereocenters. The molecule has 0 saturated heterocycles. The van der Waals surface area contributed by atoms with Crippen molar-refractivity contribution in [3.8, 4) is 0 Å². The molecule has 0 aliphatic rings. The van der Waals surface area contributed by atoms with Crippen molar-refractivity contribution in [1.82, 2.24) is 0 Å². The molecule has 3 nitrogen and oxygen atoms in total. The average Bonchev–Trinajstić information content (AvgIpc) is 2.26. The van der Waals surface area contributed by atoms with E-state index in [9.17, 15) is 18.7 Å². The first kappa shape index (κ1) is 14.6. The van der Waals surface area contributed by atoms with Gasteiger partial charge in [-0.3, -0.25) is 4.79 Å². The molecule has 0 saturated carbocycles. The van der Waals surface area contributed by atoms with Gasteiger partial charge in [-0.05, 0) is 30.5 Å². The number of hydrogen-bond acceptors (Lipinski definition) is 2. The van der Waals surface area contributed by atoms with Gasteiger partial charge in [0.2, 0.25) is 0 Å². The van der Waals surface area contributed by atoms with Crippen LogP contribution in [-0.4, -0.2) is 17.6 Å². The Bertz CT molecular complexity index is 417. The van der Waals surface area contributed by atoms with E-state index in [4.69, 9.17) is 5.73 Å². The van der Waals surface area contributed by atoms with Gasteiger partial charge in [-0.15, -0.1) is 0 Å². The van der Waals surface area contributed by atoms with E-state index in [2.05, 4.69) is 0 Å². The van der Waals surface area contributed by atoms with E-state index in [1.54, 1.807) is 0 Å². The Kier molecular flexibility index (Phi) is 4.78. The van der Waals surface area contributed by atoms with E-state index in [-0.39, 0.29) is 13.0 Å². The van der Waals surface area contributed by atoms with Gasteiger partial charge in [0.25, 0.3) is 0 Å². The summed E-state index contributed by atoms with van der Waals surface area (Å²) in [5.74, 6) is -2.45. The number of carboxylic acids is 1. The summed E-state index contributed by atoms with van der Waals surface area (Å²) in [5, 5.41) is 9.29. The SMILES string of the molecule is CCCC(CN)(Cc1cc(F)cc(F)c1)C(=O)O. The molecule has 0 amide bonds. The highest BCUT2D eigenvalue weighted by atomic mass is 19.1. The summed E-state index contributed by atoms with van der Waals surface area (Å²) in [5.41, 5.74) is 4.71. The fraction of sp³-hybridized carbons (Fsp3) is 0.462. The van der Waals surface area contributed by atoms with Crippen molar-refractivity contribution < 1.29 is 18.7 Å². The van der Waals surface area contributed by atoms with Crippen LogP contribution in [0.3, 0.4) is 0 Å². The first-order valence-electron chi connectivity index (χ1n) is 5.82. The van der Waals surface area contributed by atoms with Gasteiger partial charge in [0, 0.05) is 12.6 Å². The molecular formula is C13H17F2NO2. The molecule has 1 atom stereocenters. The van der Waals surface area contributed by atoms with Gasteiger partial charge in [-0.2, -0.15) is 0 Å². The summed E-state index contributed by atoms with van der Waals surface area (Å²) in [7, 11) is 0. The smallest absolute Gasteiger partial charge is 0.311 e. The number of benzene rings is 1. The Morgan fingerprint density at radius 3 is 2.28 bits per heavy atom. The fourth-order valence-corrected chi connectivity index (χ4v) is 2.11. The second kappa shape index (κ2) is 5.91. The molecule has 1 rings (SSSR count). The molecule has 100 valence electrons. The number of rotatable bonds is 6. The van der Waals surface area contributed by atoms with E-state index in [0.717, 1.165) is 18.2 Å². The van der Waals surface area contributed by atoms with Crippen LogP contribution in [0.15, 0.2) is 18.2 Å². The zero-order valence-corrected chi connectivity index (χ0v) is 10.2. The molecule has 0 fully saturated rings. The van der Waals surface area contributed by atoms with Crippen molar-refractivity contribution in [2.24, 2.45) is 11.1 Å². The maximum absolute atomic E-state index is 13.1. The standard InChI is InChI=1S/C13H17F2NO2/c1-2-3-13(8-16,12(17)18)7-9-4-10(14)6-11(15)5-9/h4-6H,2-3,7-8,16H2,1H3,(H,17,18). The fourth-order valence-electron chi connectivity index (χ4n) is 2.11. The van der Waals surface area contributed by atoms with Crippen LogP contribution in [0.25, 0.3) is 0 Å². The average molecular weight is 257 g/mol. The summed E-state index contributed by atoms with van der Waals surface area (Å²) < 4.78 is 26.2. The molecule has 1 aromatic carbocycles. The lowest BCUT2D eigenvalue weighted by molar-refractivity contribution is -0.148. The largest absolute Gasteiger partial charge is 0.481 e. The summed E-state index contributed by atoms with van der Waals surface area (Å²) in [6, 6.07) is 3.05. The third kappa shape index (κ3) is 3.26. The van der Waals surface area contributed by atoms with Crippen LogP contribution in [0.4, 0.5) is 8.78 Å². The predicted octanol–water partition coefficient (Wildman–Crippen LogP) is 2.34. The second-order valence-corrected chi connectivity index (χ2v) is 4.49. The Morgan fingerprint density at radius 2 is 1.89 bits per heavy atom. The minimum Gasteiger partial charge on any atom is -0.481 e. The number of aliphatic carboxylic acids is 1. The van der Waals surface area contributed by atoms with Gasteiger partial charge in [0.05, 0.1) is 5.41 Å². The van der Waals surface area contributed by atoms with Crippen LogP contribution in [-0.2, 0) is 11.2 Å². The summed E-state index contributed by atoms with van der Waals surface area (Å²) in [6.45, 7) is 1.79. The molecule has 0 aliphatic heterocycles. The maximum atomic E-state index is 13.1. The molecule has 0 radical (unpaired) electrons. The van der Waals surface area contributed by atoms with Gasteiger partial charge in [-0.1, -0.05) is 13.3 Å². The number of nitrogens with two attached hydrogens (primary N) is 1. The minimum atomic E-state index is -1.16. The third-order valence-electron chi connectivity index (χ3n) is 3.04. The Morgan fingerprint density at radius 1 is 1.33 bits per heavy atom. The highest BCUT2D eigenvalue weighted by Gasteiger charge is 2.36. The van der Waals surface area contributed by atoms with Crippen molar-refractivity contribution in [2.45, 2.75) is 26.2 Å². The van der Waals surface area contributed by atoms with E-state index in [1.165, 1.54) is 0 Å². The Hall–Kier alpha value is -1.49. The molecule has 5 heteroatoms. The number of hydrogen-bond donors (Lipinski definition) is 2. The van der Waals surface area contributed by atoms with Crippen LogP contribution >= 0.6 is 0 Å². The van der Waals surface area contributed by atoms with Crippen LogP contribution in [0.5, 0.6) is 0 Å². The normalized spacial score (nSPS) is 14.2. The van der Waals surface area contributed by atoms with Crippen molar-refractivity contribution >= 4 is 5.97 Å². The van der Waals surface area contributed by atoms with E-state index in [1.807, 2.05) is 6.92 Å². The summed E-state index contributed by atoms with van der Waals surface area (Å²) >= 11 is 0. The molecule has 3 N–H and O–H groups in total. The lowest BCUT2D eigenvalue weighted by Crippen LogP contribution is -2.40. The number of carboxylic acid groups (broad SMARTS) is 1. The molecule has 18 heavy (non-hydrogen) atoms. The lowest BCUT2D eigenvalue weighted by atomic mass is 9.78. The number of halogens is 2. The molecule has 0 aliphatic carbocycles. The Balaban J connectivity index is 3.05. The summed E-state index contributed by atoms with van der Waals surface area (Å²) in [6.07, 6.45) is 1.04. The van der Waals surface area contributed by atoms with Crippen LogP contribution in [0, 0.1) is 17.0 Å². The first-order valence-corrected chi connectivity index (χ1v) is 5.82. The third-order valence-corrected chi connectivity index (χ3v) is 3.04. The lowest BCUT2D eigenvalue weighted by Gasteiger charge is -2.27. The zero-order valence-electron chi connectivity index (χ0n) is 10.2. The molecule has 0 bridgehead atoms. The summed E-state index contributed by atoms with van der Waals surface area (Å²) in [4.78, 5) is 11.3. The van der Waals surface area contributed by atoms with Gasteiger partial charge in [0.15, 0.2) is 0 Å². The van der Waals surface area contributed by atoms with Gasteiger partial charge in [-0.25, -0.2) is 8.78 Å². The van der Waals surface area contributed by atoms with Crippen molar-refractivity contribution in [3.63, 3.8) is 0 Å². The molecule has 0 spiro atoms. The monoisotopic (exact) mass is 257 g/mol. The Labute approximate surface area is 105 Å². The maximum Gasteiger partial charge on any atom is 0.311 e. The van der Waals surface area contributed by atoms with E-state index < -0.39 is 23.0 Å². The second-order valence-electron chi connectivity index (χ2n) is 4.49. The number of carbonyl (C=O) groups is 1. The highest BCUT2D eigenvalue weighted by molar-refractivity contribution is 5.75. The van der Waals surface area contributed by atoms with E-state index >= 15 is 0 Å². The topological polar surface area (TPSA) is 63.3 Å². The molecule has 0 aromatic heterocycles. The highest BCUT2D eigenvalue weighted by Crippen LogP contribution is 2.28. The van der Waals surface area contributed by atoms with Crippen LogP contribution in [0.1, 0.15) is 25.3 Å². The van der Waals surface area contributed by atoms with Crippen molar-refractivity contribution in [1.29, 1.82) is 0 Å². The first-order chi connectivity index (χ1) is 8.43. The quantitative estimate of drug-likeness (QED) is 0.822. The van der Waals surface area contributed by atoms with Gasteiger partial charge >= 0.3 is 5.97 Å². The van der Waals surface area contributed by atoms with E-state index in [0.29, 0.717) is 18.4 Å². The van der Waals surface area contributed by atoms with Gasteiger partial charge < -0.3 is 10.8 Å².